The van der Waals surface area contributed by atoms with Crippen molar-refractivity contribution >= 4 is 17.4 Å². The molecule has 0 bridgehead atoms. The molecule has 0 spiro atoms. The SMILES string of the molecule is CCN(CC)CCN1C(=O)C(=O)C(=C(O)c2ccc(OC(C)C)cc2)[C@@H]1c1cccnc1. The van der Waals surface area contributed by atoms with E-state index in [1.165, 1.54) is 0 Å². The van der Waals surface area contributed by atoms with Crippen molar-refractivity contribution in [2.75, 3.05) is 26.2 Å². The highest BCUT2D eigenvalue weighted by Gasteiger charge is 2.46. The number of likely N-dealkylation sites (tertiary alicyclic amines) is 1. The van der Waals surface area contributed by atoms with Crippen LogP contribution in [-0.4, -0.2) is 63.9 Å². The summed E-state index contributed by atoms with van der Waals surface area (Å²) in [6, 6.07) is 9.76. The smallest absolute Gasteiger partial charge is 0.295 e. The second kappa shape index (κ2) is 10.4. The molecule has 7 heteroatoms. The number of aromatic nitrogens is 1. The zero-order valence-electron chi connectivity index (χ0n) is 19.1. The van der Waals surface area contributed by atoms with Crippen LogP contribution in [0.1, 0.15) is 44.9 Å². The van der Waals surface area contributed by atoms with Gasteiger partial charge < -0.3 is 19.6 Å². The van der Waals surface area contributed by atoms with E-state index < -0.39 is 17.7 Å². The highest BCUT2D eigenvalue weighted by atomic mass is 16.5. The predicted octanol–water partition coefficient (Wildman–Crippen LogP) is 3.63. The Morgan fingerprint density at radius 3 is 2.41 bits per heavy atom. The highest BCUT2D eigenvalue weighted by molar-refractivity contribution is 6.46. The molecule has 1 fully saturated rings. The molecule has 32 heavy (non-hydrogen) atoms. The second-order valence-electron chi connectivity index (χ2n) is 8.00. The molecule has 1 saturated heterocycles. The number of amides is 1. The number of benzene rings is 1. The normalized spacial score (nSPS) is 18.1. The minimum absolute atomic E-state index is 0.0242. The zero-order chi connectivity index (χ0) is 23.3. The van der Waals surface area contributed by atoms with Crippen LogP contribution in [0.15, 0.2) is 54.4 Å². The summed E-state index contributed by atoms with van der Waals surface area (Å²) < 4.78 is 5.66. The fourth-order valence-corrected chi connectivity index (χ4v) is 3.90. The molecular weight excluding hydrogens is 406 g/mol. The Labute approximate surface area is 189 Å². The number of aliphatic hydroxyl groups excluding tert-OH is 1. The maximum atomic E-state index is 13.0. The number of carbonyl (C=O) groups is 2. The van der Waals surface area contributed by atoms with E-state index in [9.17, 15) is 14.7 Å². The lowest BCUT2D eigenvalue weighted by molar-refractivity contribution is -0.140. The van der Waals surface area contributed by atoms with Crippen molar-refractivity contribution in [2.45, 2.75) is 39.8 Å². The molecule has 1 aliphatic heterocycles. The Morgan fingerprint density at radius 2 is 1.84 bits per heavy atom. The van der Waals surface area contributed by atoms with E-state index in [1.54, 1.807) is 47.6 Å². The number of hydrogen-bond donors (Lipinski definition) is 1. The van der Waals surface area contributed by atoms with Gasteiger partial charge in [0.15, 0.2) is 0 Å². The Kier molecular flexibility index (Phi) is 7.64. The molecule has 0 radical (unpaired) electrons. The molecule has 170 valence electrons. The molecule has 2 aromatic rings. The number of Topliss-reactive ketones (excluding diaryl/α,β-unsaturated/α-hetero) is 1. The summed E-state index contributed by atoms with van der Waals surface area (Å²) in [5.41, 5.74) is 1.23. The van der Waals surface area contributed by atoms with Gasteiger partial charge in [-0.25, -0.2) is 0 Å². The van der Waals surface area contributed by atoms with Crippen molar-refractivity contribution in [3.8, 4) is 5.75 Å². The lowest BCUT2D eigenvalue weighted by Gasteiger charge is -2.28. The average molecular weight is 438 g/mol. The molecule has 1 atom stereocenters. The third-order valence-corrected chi connectivity index (χ3v) is 5.59. The van der Waals surface area contributed by atoms with Crippen molar-refractivity contribution in [1.82, 2.24) is 14.8 Å². The number of rotatable bonds is 9. The summed E-state index contributed by atoms with van der Waals surface area (Å²) in [4.78, 5) is 33.9. The quantitative estimate of drug-likeness (QED) is 0.366. The topological polar surface area (TPSA) is 83.0 Å². The number of hydrogen-bond acceptors (Lipinski definition) is 6. The van der Waals surface area contributed by atoms with Crippen LogP contribution in [0.4, 0.5) is 0 Å². The number of ketones is 1. The Bertz CT molecular complexity index is 966. The van der Waals surface area contributed by atoms with E-state index >= 15 is 0 Å². The molecule has 7 nitrogen and oxygen atoms in total. The lowest BCUT2D eigenvalue weighted by Crippen LogP contribution is -2.38. The number of aliphatic hydroxyl groups is 1. The van der Waals surface area contributed by atoms with Crippen LogP contribution in [0.25, 0.3) is 5.76 Å². The maximum Gasteiger partial charge on any atom is 0.295 e. The average Bonchev–Trinajstić information content (AvgIpc) is 3.05. The second-order valence-corrected chi connectivity index (χ2v) is 8.00. The van der Waals surface area contributed by atoms with E-state index in [0.717, 1.165) is 13.1 Å². The summed E-state index contributed by atoms with van der Waals surface area (Å²) in [6.45, 7) is 10.7. The van der Waals surface area contributed by atoms with Crippen molar-refractivity contribution in [2.24, 2.45) is 0 Å². The van der Waals surface area contributed by atoms with E-state index in [4.69, 9.17) is 4.74 Å². The Balaban J connectivity index is 2.02. The summed E-state index contributed by atoms with van der Waals surface area (Å²) >= 11 is 0. The molecule has 0 saturated carbocycles. The van der Waals surface area contributed by atoms with Crippen LogP contribution >= 0.6 is 0 Å². The first kappa shape index (κ1) is 23.5. The van der Waals surface area contributed by atoms with Crippen LogP contribution in [0.2, 0.25) is 0 Å². The fourth-order valence-electron chi connectivity index (χ4n) is 3.90. The first-order chi connectivity index (χ1) is 15.4. The first-order valence-corrected chi connectivity index (χ1v) is 11.0. The van der Waals surface area contributed by atoms with Crippen LogP contribution in [0.3, 0.4) is 0 Å². The highest BCUT2D eigenvalue weighted by Crippen LogP contribution is 2.39. The standard InChI is InChI=1S/C25H31N3O4/c1-5-27(6-2)14-15-28-22(19-8-7-13-26-16-19)21(24(30)25(28)31)23(29)18-9-11-20(12-10-18)32-17(3)4/h7-13,16-17,22,29H,5-6,14-15H2,1-4H3/t22-/m0/s1. The van der Waals surface area contributed by atoms with E-state index in [-0.39, 0.29) is 17.4 Å². The summed E-state index contributed by atoms with van der Waals surface area (Å²) in [7, 11) is 0. The van der Waals surface area contributed by atoms with Crippen LogP contribution in [-0.2, 0) is 9.59 Å². The first-order valence-electron chi connectivity index (χ1n) is 11.0. The van der Waals surface area contributed by atoms with Crippen molar-refractivity contribution in [3.05, 3.63) is 65.5 Å². The van der Waals surface area contributed by atoms with Crippen LogP contribution in [0, 0.1) is 0 Å². The molecule has 3 rings (SSSR count). The van der Waals surface area contributed by atoms with Gasteiger partial charge in [0.05, 0.1) is 17.7 Å². The summed E-state index contributed by atoms with van der Waals surface area (Å²) in [5, 5.41) is 11.1. The van der Waals surface area contributed by atoms with Crippen LogP contribution in [0.5, 0.6) is 5.75 Å². The van der Waals surface area contributed by atoms with Gasteiger partial charge in [-0.2, -0.15) is 0 Å². The van der Waals surface area contributed by atoms with Crippen molar-refractivity contribution in [1.29, 1.82) is 0 Å². The molecule has 0 aliphatic carbocycles. The zero-order valence-corrected chi connectivity index (χ0v) is 19.1. The molecule has 0 unspecified atom stereocenters. The monoisotopic (exact) mass is 437 g/mol. The third-order valence-electron chi connectivity index (χ3n) is 5.59. The van der Waals surface area contributed by atoms with Gasteiger partial charge in [-0.3, -0.25) is 14.6 Å². The van der Waals surface area contributed by atoms with Gasteiger partial charge in [0.1, 0.15) is 11.5 Å². The molecule has 1 aromatic heterocycles. The van der Waals surface area contributed by atoms with Gasteiger partial charge in [0, 0.05) is 31.0 Å². The van der Waals surface area contributed by atoms with Crippen LogP contribution < -0.4 is 4.74 Å². The lowest BCUT2D eigenvalue weighted by atomic mass is 9.96. The van der Waals surface area contributed by atoms with Gasteiger partial charge >= 0.3 is 0 Å². The number of pyridine rings is 1. The minimum Gasteiger partial charge on any atom is -0.507 e. The number of nitrogens with zero attached hydrogens (tertiary/aromatic N) is 3. The Hall–Kier alpha value is -3.19. The molecule has 1 aliphatic rings. The third kappa shape index (κ3) is 4.99. The van der Waals surface area contributed by atoms with Gasteiger partial charge in [-0.15, -0.1) is 0 Å². The Morgan fingerprint density at radius 1 is 1.16 bits per heavy atom. The van der Waals surface area contributed by atoms with Crippen molar-refractivity contribution < 1.29 is 19.4 Å². The predicted molar refractivity (Wildman–Crippen MR) is 123 cm³/mol. The minimum atomic E-state index is -0.689. The summed E-state index contributed by atoms with van der Waals surface area (Å²) in [5.74, 6) is -0.815. The van der Waals surface area contributed by atoms with Gasteiger partial charge in [0.2, 0.25) is 0 Å². The molecule has 1 N–H and O–H groups in total. The van der Waals surface area contributed by atoms with E-state index in [0.29, 0.717) is 30.0 Å². The molecule has 1 aromatic carbocycles. The summed E-state index contributed by atoms with van der Waals surface area (Å²) in [6.07, 6.45) is 3.29. The van der Waals surface area contributed by atoms with Crippen molar-refractivity contribution in [3.63, 3.8) is 0 Å². The van der Waals surface area contributed by atoms with Gasteiger partial charge in [-0.1, -0.05) is 19.9 Å². The molecular formula is C25H31N3O4. The molecule has 2 heterocycles. The van der Waals surface area contributed by atoms with E-state index in [1.807, 2.05) is 19.9 Å². The fraction of sp³-hybridized carbons (Fsp3) is 0.400. The van der Waals surface area contributed by atoms with Gasteiger partial charge in [-0.05, 0) is 62.8 Å². The largest absolute Gasteiger partial charge is 0.507 e. The number of ether oxygens (including phenoxy) is 1. The number of likely N-dealkylation sites (N-methyl/N-ethyl adjacent to an activating group) is 1. The number of carbonyl (C=O) groups excluding carboxylic acids is 2. The maximum absolute atomic E-state index is 13.0. The molecule has 1 amide bonds. The van der Waals surface area contributed by atoms with E-state index in [2.05, 4.69) is 23.7 Å². The van der Waals surface area contributed by atoms with Gasteiger partial charge in [0.25, 0.3) is 11.7 Å².